The molecule has 0 saturated carbocycles. The van der Waals surface area contributed by atoms with Crippen molar-refractivity contribution in [3.8, 4) is 0 Å². The van der Waals surface area contributed by atoms with Crippen LogP contribution in [0, 0.1) is 13.8 Å². The maximum Gasteiger partial charge on any atom is 0.303 e. The Kier molecular flexibility index (Phi) is 7.45. The van der Waals surface area contributed by atoms with Crippen LogP contribution in [-0.2, 0) is 16.0 Å². The van der Waals surface area contributed by atoms with Gasteiger partial charge in [0.05, 0.1) is 22.8 Å². The lowest BCUT2D eigenvalue weighted by Crippen LogP contribution is -1.95. The predicted molar refractivity (Wildman–Crippen MR) is 167 cm³/mol. The number of aromatic amines is 2. The summed E-state index contributed by atoms with van der Waals surface area (Å²) >= 11 is 0. The van der Waals surface area contributed by atoms with Crippen LogP contribution in [0.2, 0.25) is 0 Å². The third kappa shape index (κ3) is 4.99. The van der Waals surface area contributed by atoms with Crippen LogP contribution in [0.5, 0.6) is 0 Å². The van der Waals surface area contributed by atoms with Gasteiger partial charge in [0, 0.05) is 46.0 Å². The number of aliphatic carboxylic acids is 1. The van der Waals surface area contributed by atoms with Crippen LogP contribution in [0.25, 0.3) is 50.4 Å². The monoisotopic (exact) mass is 546 g/mol. The molecule has 5 heterocycles. The summed E-state index contributed by atoms with van der Waals surface area (Å²) in [5.41, 5.74) is 14.6. The molecule has 0 aliphatic carbocycles. The van der Waals surface area contributed by atoms with Crippen molar-refractivity contribution in [2.45, 2.75) is 53.4 Å². The van der Waals surface area contributed by atoms with Gasteiger partial charge in [-0.1, -0.05) is 25.3 Å². The van der Waals surface area contributed by atoms with Gasteiger partial charge in [0.15, 0.2) is 0 Å². The number of carbonyl (C=O) groups is 2. The highest BCUT2D eigenvalue weighted by Crippen LogP contribution is 2.37. The maximum absolute atomic E-state index is 11.5. The number of H-pyrrole nitrogens is 2. The van der Waals surface area contributed by atoms with E-state index < -0.39 is 5.97 Å². The summed E-state index contributed by atoms with van der Waals surface area (Å²) in [6, 6.07) is 8.06. The molecule has 2 aliphatic rings. The van der Waals surface area contributed by atoms with Gasteiger partial charge >= 0.3 is 5.97 Å². The fraction of sp³-hybridized carbons (Fsp3) is 0.235. The van der Waals surface area contributed by atoms with Gasteiger partial charge in [-0.2, -0.15) is 0 Å². The Hall–Kier alpha value is -4.78. The van der Waals surface area contributed by atoms with Crippen molar-refractivity contribution in [3.63, 3.8) is 0 Å². The van der Waals surface area contributed by atoms with Crippen LogP contribution in [-0.4, -0.2) is 37.3 Å². The SMILES string of the molecule is C=CC1=C(C)c2cc3nc(cc4[nH]c(cc5[nH]c(cc1n2)c(C)c5C=C)c(C)c4CCC=O)C(CCC(=O)O)=C3C. The molecule has 7 nitrogen and oxygen atoms in total. The lowest BCUT2D eigenvalue weighted by molar-refractivity contribution is -0.136. The van der Waals surface area contributed by atoms with Crippen LogP contribution < -0.4 is 0 Å². The van der Waals surface area contributed by atoms with Crippen molar-refractivity contribution in [2.24, 2.45) is 0 Å². The van der Waals surface area contributed by atoms with Crippen molar-refractivity contribution in [3.05, 3.63) is 88.5 Å². The van der Waals surface area contributed by atoms with E-state index in [-0.39, 0.29) is 6.42 Å². The second-order valence-electron chi connectivity index (χ2n) is 10.5. The third-order valence-electron chi connectivity index (χ3n) is 8.14. The average molecular weight is 547 g/mol. The van der Waals surface area contributed by atoms with Gasteiger partial charge in [-0.25, -0.2) is 9.97 Å². The third-order valence-corrected chi connectivity index (χ3v) is 8.14. The number of allylic oxidation sites excluding steroid dienone is 5. The molecule has 208 valence electrons. The molecule has 0 atom stereocenters. The zero-order valence-electron chi connectivity index (χ0n) is 23.9. The number of fused-ring (bicyclic) bond motifs is 8. The number of aldehydes is 1. The number of nitrogens with one attached hydrogen (secondary N) is 2. The second-order valence-corrected chi connectivity index (χ2v) is 10.5. The molecule has 2 aliphatic heterocycles. The lowest BCUT2D eigenvalue weighted by atomic mass is 10.00. The number of hydrogen-bond acceptors (Lipinski definition) is 4. The van der Waals surface area contributed by atoms with Gasteiger partial charge in [-0.15, -0.1) is 0 Å². The first kappa shape index (κ1) is 27.8. The molecule has 8 bridgehead atoms. The Morgan fingerprint density at radius 2 is 1.46 bits per heavy atom. The van der Waals surface area contributed by atoms with Crippen molar-refractivity contribution in [1.29, 1.82) is 0 Å². The quantitative estimate of drug-likeness (QED) is 0.252. The maximum atomic E-state index is 11.5. The highest BCUT2D eigenvalue weighted by Gasteiger charge is 2.21. The van der Waals surface area contributed by atoms with E-state index in [1.807, 2.05) is 51.1 Å². The van der Waals surface area contributed by atoms with E-state index in [1.54, 1.807) is 0 Å². The number of carboxylic acids is 1. The van der Waals surface area contributed by atoms with Crippen molar-refractivity contribution >= 4 is 62.7 Å². The minimum absolute atomic E-state index is 0.000411. The highest BCUT2D eigenvalue weighted by molar-refractivity contribution is 5.98. The number of aromatic nitrogens is 4. The topological polar surface area (TPSA) is 112 Å². The van der Waals surface area contributed by atoms with Gasteiger partial charge in [0.25, 0.3) is 0 Å². The van der Waals surface area contributed by atoms with E-state index in [1.165, 1.54) is 0 Å². The van der Waals surface area contributed by atoms with E-state index in [4.69, 9.17) is 9.97 Å². The number of carbonyl (C=O) groups excluding carboxylic acids is 1. The van der Waals surface area contributed by atoms with Crippen LogP contribution in [0.3, 0.4) is 0 Å². The summed E-state index contributed by atoms with van der Waals surface area (Å²) in [6.45, 7) is 16.2. The molecule has 5 rings (SSSR count). The first-order valence-corrected chi connectivity index (χ1v) is 13.7. The lowest BCUT2D eigenvalue weighted by Gasteiger charge is -2.03. The molecule has 3 aromatic heterocycles. The largest absolute Gasteiger partial charge is 0.481 e. The standard InChI is InChI=1S/C34H34N4O3/c1-7-22-18(3)26-14-27-21(6)25(11-12-34(40)41)33(37-27)17-32-24(10-9-13-39)20(5)29(38-32)16-31-23(8-2)19(4)28(36-31)15-30(22)35-26/h7-8,13-17,36,38H,1-2,9-12H2,3-6H3,(H,40,41). The molecular weight excluding hydrogens is 512 g/mol. The summed E-state index contributed by atoms with van der Waals surface area (Å²) < 4.78 is 0. The number of aryl methyl sites for hydroxylation is 3. The number of nitrogens with zero attached hydrogens (tertiary/aromatic N) is 2. The van der Waals surface area contributed by atoms with Gasteiger partial charge in [0.1, 0.15) is 6.29 Å². The van der Waals surface area contributed by atoms with Gasteiger partial charge in [-0.3, -0.25) is 4.79 Å². The Balaban J connectivity index is 1.95. The number of rotatable bonds is 8. The Morgan fingerprint density at radius 3 is 2.15 bits per heavy atom. The summed E-state index contributed by atoms with van der Waals surface area (Å²) in [6.07, 6.45) is 5.94. The van der Waals surface area contributed by atoms with Crippen molar-refractivity contribution < 1.29 is 14.7 Å². The molecule has 0 aromatic carbocycles. The molecule has 3 aromatic rings. The minimum Gasteiger partial charge on any atom is -0.481 e. The zero-order chi connectivity index (χ0) is 29.4. The van der Waals surface area contributed by atoms with Crippen LogP contribution >= 0.6 is 0 Å². The summed E-state index contributed by atoms with van der Waals surface area (Å²) in [7, 11) is 0. The molecule has 0 unspecified atom stereocenters. The molecule has 41 heavy (non-hydrogen) atoms. The molecule has 0 spiro atoms. The molecule has 0 fully saturated rings. The first-order chi connectivity index (χ1) is 19.7. The van der Waals surface area contributed by atoms with E-state index in [2.05, 4.69) is 36.1 Å². The molecule has 0 amide bonds. The molecule has 3 N–H and O–H groups in total. The van der Waals surface area contributed by atoms with E-state index in [0.717, 1.165) is 90.0 Å². The van der Waals surface area contributed by atoms with Crippen LogP contribution in [0.15, 0.2) is 43.5 Å². The highest BCUT2D eigenvalue weighted by atomic mass is 16.4. The van der Waals surface area contributed by atoms with Gasteiger partial charge in [0.2, 0.25) is 0 Å². The predicted octanol–water partition coefficient (Wildman–Crippen LogP) is 7.62. The van der Waals surface area contributed by atoms with Crippen molar-refractivity contribution in [2.75, 3.05) is 0 Å². The smallest absolute Gasteiger partial charge is 0.303 e. The normalized spacial score (nSPS) is 13.1. The Morgan fingerprint density at radius 1 is 0.805 bits per heavy atom. The number of hydrogen-bond donors (Lipinski definition) is 3. The summed E-state index contributed by atoms with van der Waals surface area (Å²) in [4.78, 5) is 39.9. The number of carboxylic acid groups (broad SMARTS) is 1. The first-order valence-electron chi connectivity index (χ1n) is 13.7. The average Bonchev–Trinajstić information content (AvgIpc) is 3.59. The Bertz CT molecular complexity index is 1860. The molecular formula is C34H34N4O3. The van der Waals surface area contributed by atoms with Crippen molar-refractivity contribution in [1.82, 2.24) is 19.9 Å². The Labute approximate surface area is 239 Å². The fourth-order valence-corrected chi connectivity index (χ4v) is 5.74. The summed E-state index contributed by atoms with van der Waals surface area (Å²) in [5, 5.41) is 9.44. The van der Waals surface area contributed by atoms with Crippen LogP contribution in [0.1, 0.15) is 78.1 Å². The van der Waals surface area contributed by atoms with Gasteiger partial charge < -0.3 is 19.9 Å². The minimum atomic E-state index is -0.859. The molecule has 7 heteroatoms. The fourth-order valence-electron chi connectivity index (χ4n) is 5.74. The zero-order valence-corrected chi connectivity index (χ0v) is 23.9. The molecule has 0 radical (unpaired) electrons. The second kappa shape index (κ2) is 11.0. The molecule has 0 saturated heterocycles. The van der Waals surface area contributed by atoms with E-state index in [9.17, 15) is 14.7 Å². The van der Waals surface area contributed by atoms with Crippen LogP contribution in [0.4, 0.5) is 0 Å². The van der Waals surface area contributed by atoms with E-state index in [0.29, 0.717) is 25.0 Å². The summed E-state index contributed by atoms with van der Waals surface area (Å²) in [5.74, 6) is -0.859. The van der Waals surface area contributed by atoms with Gasteiger partial charge in [-0.05, 0) is 98.2 Å². The van der Waals surface area contributed by atoms with E-state index >= 15 is 0 Å².